The first-order valence-corrected chi connectivity index (χ1v) is 8.26. The van der Waals surface area contributed by atoms with Gasteiger partial charge in [0.05, 0.1) is 17.8 Å². The molecule has 0 unspecified atom stereocenters. The maximum atomic E-state index is 13.0. The maximum Gasteiger partial charge on any atom is 0.418 e. The highest BCUT2D eigenvalue weighted by Gasteiger charge is 2.33. The molecule has 0 atom stereocenters. The minimum atomic E-state index is -4.63. The highest BCUT2D eigenvalue weighted by molar-refractivity contribution is 5.96. The van der Waals surface area contributed by atoms with Crippen LogP contribution < -0.4 is 5.32 Å². The van der Waals surface area contributed by atoms with Crippen molar-refractivity contribution in [2.24, 2.45) is 0 Å². The van der Waals surface area contributed by atoms with Gasteiger partial charge in [-0.1, -0.05) is 12.1 Å². The van der Waals surface area contributed by atoms with Crippen LogP contribution in [0.2, 0.25) is 0 Å². The first-order chi connectivity index (χ1) is 13.2. The van der Waals surface area contributed by atoms with Gasteiger partial charge in [0.2, 0.25) is 5.91 Å². The van der Waals surface area contributed by atoms with Gasteiger partial charge in [0.15, 0.2) is 6.61 Å². The van der Waals surface area contributed by atoms with Crippen molar-refractivity contribution >= 4 is 23.5 Å². The van der Waals surface area contributed by atoms with E-state index in [0.29, 0.717) is 0 Å². The van der Waals surface area contributed by atoms with Gasteiger partial charge < -0.3 is 19.9 Å². The molecule has 2 amide bonds. The van der Waals surface area contributed by atoms with Gasteiger partial charge >= 0.3 is 12.1 Å². The van der Waals surface area contributed by atoms with E-state index in [1.807, 2.05) is 0 Å². The van der Waals surface area contributed by atoms with Gasteiger partial charge in [-0.05, 0) is 31.2 Å². The molecule has 0 spiro atoms. The number of nitrogens with one attached hydrogen (secondary N) is 2. The molecule has 2 rings (SSSR count). The van der Waals surface area contributed by atoms with Crippen molar-refractivity contribution in [2.45, 2.75) is 13.1 Å². The molecule has 2 N–H and O–H groups in total. The number of H-pyrrole nitrogens is 1. The van der Waals surface area contributed by atoms with Crippen LogP contribution in [0.5, 0.6) is 0 Å². The summed E-state index contributed by atoms with van der Waals surface area (Å²) in [5.74, 6) is -2.19. The Bertz CT molecular complexity index is 835. The first-order valence-electron chi connectivity index (χ1n) is 8.26. The van der Waals surface area contributed by atoms with E-state index < -0.39 is 48.4 Å². The summed E-state index contributed by atoms with van der Waals surface area (Å²) in [4.78, 5) is 39.6. The molecule has 0 aliphatic carbocycles. The Morgan fingerprint density at radius 1 is 1.14 bits per heavy atom. The van der Waals surface area contributed by atoms with Gasteiger partial charge in [-0.2, -0.15) is 13.2 Å². The van der Waals surface area contributed by atoms with Crippen LogP contribution in [0.4, 0.5) is 18.9 Å². The molecule has 28 heavy (non-hydrogen) atoms. The van der Waals surface area contributed by atoms with E-state index in [0.717, 1.165) is 17.0 Å². The predicted molar refractivity (Wildman–Crippen MR) is 93.4 cm³/mol. The molecule has 0 saturated carbocycles. The molecular formula is C18H18F3N3O4. The van der Waals surface area contributed by atoms with Crippen LogP contribution in [0.1, 0.15) is 23.0 Å². The third kappa shape index (κ3) is 5.60. The molecule has 0 fully saturated rings. The van der Waals surface area contributed by atoms with Gasteiger partial charge in [0.1, 0.15) is 5.69 Å². The molecule has 1 heterocycles. The van der Waals surface area contributed by atoms with Crippen molar-refractivity contribution in [3.63, 3.8) is 0 Å². The molecule has 0 aliphatic heterocycles. The monoisotopic (exact) mass is 397 g/mol. The Labute approximate surface area is 158 Å². The first kappa shape index (κ1) is 21.0. The van der Waals surface area contributed by atoms with Crippen LogP contribution in [0.25, 0.3) is 0 Å². The molecule has 2 aromatic rings. The number of aromatic nitrogens is 1. The smallest absolute Gasteiger partial charge is 0.418 e. The molecular weight excluding hydrogens is 379 g/mol. The molecule has 10 heteroatoms. The fraction of sp³-hybridized carbons (Fsp3) is 0.278. The summed E-state index contributed by atoms with van der Waals surface area (Å²) in [6, 6.07) is 7.58. The Morgan fingerprint density at radius 2 is 1.86 bits per heavy atom. The van der Waals surface area contributed by atoms with E-state index in [2.05, 4.69) is 10.3 Å². The number of carbonyl (C=O) groups is 3. The number of amides is 2. The van der Waals surface area contributed by atoms with E-state index in [-0.39, 0.29) is 12.2 Å². The number of esters is 1. The van der Waals surface area contributed by atoms with Crippen molar-refractivity contribution in [2.75, 3.05) is 25.0 Å². The normalized spacial score (nSPS) is 11.0. The van der Waals surface area contributed by atoms with E-state index in [1.54, 1.807) is 13.0 Å². The minimum absolute atomic E-state index is 0.104. The molecule has 0 bridgehead atoms. The molecule has 1 aromatic heterocycles. The summed E-state index contributed by atoms with van der Waals surface area (Å²) in [5, 5.41) is 2.16. The summed E-state index contributed by atoms with van der Waals surface area (Å²) in [6.45, 7) is 0.606. The SMILES string of the molecule is CCN(CC(=O)Nc1ccccc1C(F)(F)F)C(=O)COC(=O)c1ccc[nH]1. The van der Waals surface area contributed by atoms with Crippen LogP contribution in [0.3, 0.4) is 0 Å². The molecule has 0 aliphatic rings. The van der Waals surface area contributed by atoms with Gasteiger partial charge in [0, 0.05) is 12.7 Å². The van der Waals surface area contributed by atoms with Crippen LogP contribution in [0.15, 0.2) is 42.6 Å². The lowest BCUT2D eigenvalue weighted by atomic mass is 10.1. The zero-order valence-corrected chi connectivity index (χ0v) is 14.9. The van der Waals surface area contributed by atoms with E-state index >= 15 is 0 Å². The second kappa shape index (κ2) is 9.07. The molecule has 0 radical (unpaired) electrons. The van der Waals surface area contributed by atoms with E-state index in [4.69, 9.17) is 4.74 Å². The van der Waals surface area contributed by atoms with Crippen molar-refractivity contribution in [3.8, 4) is 0 Å². The lowest BCUT2D eigenvalue weighted by Crippen LogP contribution is -2.40. The highest BCUT2D eigenvalue weighted by atomic mass is 19.4. The van der Waals surface area contributed by atoms with Crippen molar-refractivity contribution < 1.29 is 32.3 Å². The standard InChI is InChI=1S/C18H18F3N3O4/c1-2-24(16(26)11-28-17(27)14-8-5-9-22-14)10-15(25)23-13-7-4-3-6-12(13)18(19,20)21/h3-9,22H,2,10-11H2,1H3,(H,23,25). The van der Waals surface area contributed by atoms with Gasteiger partial charge in [-0.15, -0.1) is 0 Å². The zero-order valence-electron chi connectivity index (χ0n) is 14.9. The predicted octanol–water partition coefficient (Wildman–Crippen LogP) is 2.68. The Balaban J connectivity index is 1.94. The summed E-state index contributed by atoms with van der Waals surface area (Å²) in [7, 11) is 0. The van der Waals surface area contributed by atoms with Crippen LogP contribution in [-0.2, 0) is 20.5 Å². The fourth-order valence-electron chi connectivity index (χ4n) is 2.33. The number of halogens is 3. The van der Waals surface area contributed by atoms with Crippen molar-refractivity contribution in [3.05, 3.63) is 53.9 Å². The number of carbonyl (C=O) groups excluding carboxylic acids is 3. The third-order valence-corrected chi connectivity index (χ3v) is 3.72. The van der Waals surface area contributed by atoms with Crippen molar-refractivity contribution in [1.82, 2.24) is 9.88 Å². The summed E-state index contributed by atoms with van der Waals surface area (Å²) in [6.07, 6.45) is -3.12. The number of aromatic amines is 1. The number of rotatable bonds is 7. The number of ether oxygens (including phenoxy) is 1. The largest absolute Gasteiger partial charge is 0.451 e. The number of hydrogen-bond donors (Lipinski definition) is 2. The number of anilines is 1. The second-order valence-electron chi connectivity index (χ2n) is 5.66. The number of alkyl halides is 3. The summed E-state index contributed by atoms with van der Waals surface area (Å²) < 4.78 is 43.8. The molecule has 1 aromatic carbocycles. The quantitative estimate of drug-likeness (QED) is 0.703. The number of benzene rings is 1. The van der Waals surface area contributed by atoms with Crippen LogP contribution >= 0.6 is 0 Å². The molecule has 0 saturated heterocycles. The fourth-order valence-corrected chi connectivity index (χ4v) is 2.33. The number of para-hydroxylation sites is 1. The Kier molecular flexibility index (Phi) is 6.80. The topological polar surface area (TPSA) is 91.5 Å². The van der Waals surface area contributed by atoms with Crippen molar-refractivity contribution in [1.29, 1.82) is 0 Å². The van der Waals surface area contributed by atoms with Crippen LogP contribution in [0, 0.1) is 0 Å². The van der Waals surface area contributed by atoms with Gasteiger partial charge in [-0.3, -0.25) is 9.59 Å². The van der Waals surface area contributed by atoms with Gasteiger partial charge in [0.25, 0.3) is 5.91 Å². The summed E-state index contributed by atoms with van der Waals surface area (Å²) in [5.41, 5.74) is -1.23. The average molecular weight is 397 g/mol. The van der Waals surface area contributed by atoms with E-state index in [1.165, 1.54) is 24.4 Å². The zero-order chi connectivity index (χ0) is 20.7. The van der Waals surface area contributed by atoms with Gasteiger partial charge in [-0.25, -0.2) is 4.79 Å². The molecule has 150 valence electrons. The Hall–Kier alpha value is -3.30. The number of hydrogen-bond acceptors (Lipinski definition) is 4. The number of nitrogens with zero attached hydrogens (tertiary/aromatic N) is 1. The maximum absolute atomic E-state index is 13.0. The lowest BCUT2D eigenvalue weighted by molar-refractivity contribution is -0.138. The Morgan fingerprint density at radius 3 is 2.46 bits per heavy atom. The number of likely N-dealkylation sites (N-methyl/N-ethyl adjacent to an activating group) is 1. The summed E-state index contributed by atoms with van der Waals surface area (Å²) >= 11 is 0. The second-order valence-corrected chi connectivity index (χ2v) is 5.66. The average Bonchev–Trinajstić information content (AvgIpc) is 3.18. The van der Waals surface area contributed by atoms with Crippen LogP contribution in [-0.4, -0.2) is 47.4 Å². The van der Waals surface area contributed by atoms with E-state index in [9.17, 15) is 27.6 Å². The highest BCUT2D eigenvalue weighted by Crippen LogP contribution is 2.34. The lowest BCUT2D eigenvalue weighted by Gasteiger charge is -2.21. The third-order valence-electron chi connectivity index (χ3n) is 3.72. The molecule has 7 nitrogen and oxygen atoms in total. The minimum Gasteiger partial charge on any atom is -0.451 e.